The Morgan fingerprint density at radius 1 is 1.50 bits per heavy atom. The Kier molecular flexibility index (Phi) is 3.15. The van der Waals surface area contributed by atoms with E-state index in [0.717, 1.165) is 0 Å². The van der Waals surface area contributed by atoms with Gasteiger partial charge in [0.2, 0.25) is 0 Å². The largest absolute Gasteiger partial charge is 0.466 e. The summed E-state index contributed by atoms with van der Waals surface area (Å²) in [6, 6.07) is -0.361. The number of imidazole rings is 1. The lowest BCUT2D eigenvalue weighted by atomic mass is 10.1. The Morgan fingerprint density at radius 2 is 2.30 bits per heavy atom. The van der Waals surface area contributed by atoms with E-state index < -0.39 is 12.1 Å². The van der Waals surface area contributed by atoms with Crippen LogP contribution in [0.1, 0.15) is 12.5 Å². The highest BCUT2D eigenvalue weighted by Gasteiger charge is 2.32. The number of rotatable bonds is 2. The highest BCUT2D eigenvalue weighted by atomic mass is 35.5. The van der Waals surface area contributed by atoms with Gasteiger partial charge in [0.1, 0.15) is 11.8 Å². The van der Waals surface area contributed by atoms with Crippen LogP contribution in [0.3, 0.4) is 0 Å². The number of nitrogens with zero attached hydrogens (tertiary/aromatic N) is 4. The third kappa shape index (κ3) is 1.95. The smallest absolute Gasteiger partial charge is 0.333 e. The average molecular weight is 295 g/mol. The van der Waals surface area contributed by atoms with Crippen LogP contribution in [-0.2, 0) is 9.53 Å². The summed E-state index contributed by atoms with van der Waals surface area (Å²) in [5.41, 5.74) is 1.42. The van der Waals surface area contributed by atoms with E-state index in [9.17, 15) is 9.90 Å². The molecule has 104 valence electrons. The predicted molar refractivity (Wildman–Crippen MR) is 70.1 cm³/mol. The van der Waals surface area contributed by atoms with E-state index in [0.29, 0.717) is 23.2 Å². The van der Waals surface area contributed by atoms with Gasteiger partial charge in [-0.3, -0.25) is 0 Å². The molecule has 0 radical (unpaired) electrons. The maximum Gasteiger partial charge on any atom is 0.333 e. The van der Waals surface area contributed by atoms with Crippen LogP contribution in [0.25, 0.3) is 11.2 Å². The highest BCUT2D eigenvalue weighted by Crippen LogP contribution is 2.33. The molecule has 0 amide bonds. The van der Waals surface area contributed by atoms with Crippen molar-refractivity contribution in [2.75, 3.05) is 7.11 Å². The molecule has 3 rings (SSSR count). The molecular weight excluding hydrogens is 284 g/mol. The number of hydrogen-bond acceptors (Lipinski definition) is 6. The van der Waals surface area contributed by atoms with E-state index in [2.05, 4.69) is 19.7 Å². The van der Waals surface area contributed by atoms with E-state index in [1.54, 1.807) is 4.57 Å². The van der Waals surface area contributed by atoms with Crippen LogP contribution in [-0.4, -0.2) is 43.8 Å². The van der Waals surface area contributed by atoms with Gasteiger partial charge >= 0.3 is 5.97 Å². The van der Waals surface area contributed by atoms with Crippen molar-refractivity contribution in [1.29, 1.82) is 0 Å². The topological polar surface area (TPSA) is 90.1 Å². The van der Waals surface area contributed by atoms with Crippen LogP contribution in [0.4, 0.5) is 0 Å². The summed E-state index contributed by atoms with van der Waals surface area (Å²) in [7, 11) is 1.31. The number of hydrogen-bond donors (Lipinski definition) is 1. The van der Waals surface area contributed by atoms with Crippen molar-refractivity contribution in [2.24, 2.45) is 0 Å². The molecule has 0 saturated carbocycles. The lowest BCUT2D eigenvalue weighted by Crippen LogP contribution is -2.18. The van der Waals surface area contributed by atoms with Crippen molar-refractivity contribution >= 4 is 28.7 Å². The number of ether oxygens (including phenoxy) is 1. The van der Waals surface area contributed by atoms with Gasteiger partial charge in [-0.2, -0.15) is 0 Å². The third-order valence-electron chi connectivity index (χ3n) is 3.31. The van der Waals surface area contributed by atoms with Gasteiger partial charge in [0.05, 0.1) is 25.6 Å². The van der Waals surface area contributed by atoms with Crippen LogP contribution in [0.15, 0.2) is 24.3 Å². The summed E-state index contributed by atoms with van der Waals surface area (Å²) in [6.45, 7) is 0. The van der Waals surface area contributed by atoms with E-state index in [-0.39, 0.29) is 11.2 Å². The monoisotopic (exact) mass is 294 g/mol. The van der Waals surface area contributed by atoms with Crippen molar-refractivity contribution in [2.45, 2.75) is 18.6 Å². The molecule has 8 heteroatoms. The fourth-order valence-corrected chi connectivity index (χ4v) is 2.52. The van der Waals surface area contributed by atoms with Gasteiger partial charge in [0, 0.05) is 12.0 Å². The van der Waals surface area contributed by atoms with Crippen LogP contribution in [0.2, 0.25) is 5.15 Å². The van der Waals surface area contributed by atoms with Gasteiger partial charge in [-0.15, -0.1) is 0 Å². The van der Waals surface area contributed by atoms with Crippen LogP contribution < -0.4 is 0 Å². The first-order valence-electron chi connectivity index (χ1n) is 5.92. The minimum atomic E-state index is -0.810. The summed E-state index contributed by atoms with van der Waals surface area (Å²) >= 11 is 5.94. The fraction of sp³-hybridized carbons (Fsp3) is 0.333. The predicted octanol–water partition coefficient (Wildman–Crippen LogP) is 0.885. The Bertz CT molecular complexity index is 712. The van der Waals surface area contributed by atoms with Gasteiger partial charge in [0.15, 0.2) is 10.8 Å². The van der Waals surface area contributed by atoms with Crippen molar-refractivity contribution < 1.29 is 14.6 Å². The number of carbonyl (C=O) groups excluding carboxylic acids is 1. The van der Waals surface area contributed by atoms with Crippen LogP contribution in [0.5, 0.6) is 0 Å². The molecule has 0 aliphatic heterocycles. The lowest BCUT2D eigenvalue weighted by molar-refractivity contribution is -0.136. The number of aliphatic hydroxyl groups excluding tert-OH is 1. The quantitative estimate of drug-likeness (QED) is 0.653. The maximum absolute atomic E-state index is 11.5. The van der Waals surface area contributed by atoms with Gasteiger partial charge in [0.25, 0.3) is 0 Å². The summed E-state index contributed by atoms with van der Waals surface area (Å²) in [5.74, 6) is -0.441. The van der Waals surface area contributed by atoms with Crippen molar-refractivity contribution in [3.8, 4) is 0 Å². The standard InChI is InChI=1S/C12H11ClN4O3/c1-20-12(19)6-2-7(8(18)3-6)17-5-16-9-10(13)14-4-15-11(9)17/h3-5,7-8,18H,2H2,1H3/t7-,8+/m1/s1. The third-order valence-corrected chi connectivity index (χ3v) is 3.59. The van der Waals surface area contributed by atoms with Crippen LogP contribution >= 0.6 is 11.6 Å². The first-order valence-corrected chi connectivity index (χ1v) is 6.29. The molecule has 2 aromatic rings. The zero-order valence-corrected chi connectivity index (χ0v) is 11.3. The van der Waals surface area contributed by atoms with Crippen LogP contribution in [0, 0.1) is 0 Å². The molecule has 1 aliphatic carbocycles. The van der Waals surface area contributed by atoms with Gasteiger partial charge in [-0.1, -0.05) is 11.6 Å². The van der Waals surface area contributed by atoms with Gasteiger partial charge in [-0.25, -0.2) is 19.7 Å². The maximum atomic E-state index is 11.5. The Morgan fingerprint density at radius 3 is 3.05 bits per heavy atom. The molecule has 1 aliphatic rings. The molecule has 2 aromatic heterocycles. The molecule has 0 saturated heterocycles. The average Bonchev–Trinajstić information content (AvgIpc) is 3.02. The second-order valence-corrected chi connectivity index (χ2v) is 4.79. The number of fused-ring (bicyclic) bond motifs is 1. The molecule has 1 N–H and O–H groups in total. The molecule has 0 aromatic carbocycles. The zero-order valence-electron chi connectivity index (χ0n) is 10.5. The summed E-state index contributed by atoms with van der Waals surface area (Å²) in [4.78, 5) is 23.6. The molecule has 2 heterocycles. The van der Waals surface area contributed by atoms with Gasteiger partial charge in [-0.05, 0) is 6.08 Å². The summed E-state index contributed by atoms with van der Waals surface area (Å²) < 4.78 is 6.36. The first-order chi connectivity index (χ1) is 9.61. The normalized spacial score (nSPS) is 22.1. The number of aromatic nitrogens is 4. The van der Waals surface area contributed by atoms with Crippen molar-refractivity contribution in [3.05, 3.63) is 29.5 Å². The van der Waals surface area contributed by atoms with E-state index in [4.69, 9.17) is 11.6 Å². The van der Waals surface area contributed by atoms with Crippen molar-refractivity contribution in [3.63, 3.8) is 0 Å². The lowest BCUT2D eigenvalue weighted by Gasteiger charge is -2.16. The summed E-state index contributed by atoms with van der Waals surface area (Å²) in [6.07, 6.45) is 3.90. The number of carbonyl (C=O) groups is 1. The number of aliphatic hydroxyl groups is 1. The Hall–Kier alpha value is -1.99. The molecule has 7 nitrogen and oxygen atoms in total. The number of methoxy groups -OCH3 is 1. The molecular formula is C12H11ClN4O3. The Labute approximate surface area is 118 Å². The minimum absolute atomic E-state index is 0.252. The Balaban J connectivity index is 1.98. The van der Waals surface area contributed by atoms with E-state index >= 15 is 0 Å². The van der Waals surface area contributed by atoms with E-state index in [1.807, 2.05) is 0 Å². The second-order valence-electron chi connectivity index (χ2n) is 4.43. The second kappa shape index (κ2) is 4.84. The van der Waals surface area contributed by atoms with E-state index in [1.165, 1.54) is 25.8 Å². The highest BCUT2D eigenvalue weighted by molar-refractivity contribution is 6.33. The first kappa shape index (κ1) is 13.0. The molecule has 0 bridgehead atoms. The molecule has 2 atom stereocenters. The summed E-state index contributed by atoms with van der Waals surface area (Å²) in [5, 5.41) is 10.3. The molecule has 0 unspecified atom stereocenters. The molecule has 0 spiro atoms. The minimum Gasteiger partial charge on any atom is -0.466 e. The molecule has 0 fully saturated rings. The molecule has 20 heavy (non-hydrogen) atoms. The zero-order chi connectivity index (χ0) is 14.3. The van der Waals surface area contributed by atoms with Gasteiger partial charge < -0.3 is 14.4 Å². The SMILES string of the molecule is COC(=O)C1=C[C@H](O)[C@H](n2cnc3c(Cl)ncnc32)C1. The number of halogens is 1. The fourth-order valence-electron chi connectivity index (χ4n) is 2.34. The van der Waals surface area contributed by atoms with Crippen molar-refractivity contribution in [1.82, 2.24) is 19.5 Å². The number of esters is 1.